The number of rotatable bonds is 4. The van der Waals surface area contributed by atoms with E-state index in [1.165, 1.54) is 7.11 Å². The molecule has 88 valence electrons. The summed E-state index contributed by atoms with van der Waals surface area (Å²) >= 11 is 6.78. The van der Waals surface area contributed by atoms with Crippen LogP contribution in [-0.4, -0.2) is 19.4 Å². The molecular weight excluding hydrogens is 340 g/mol. The molecule has 0 saturated heterocycles. The Morgan fingerprint density at radius 2 is 2.12 bits per heavy atom. The van der Waals surface area contributed by atoms with Crippen molar-refractivity contribution in [3.8, 4) is 0 Å². The Hall–Kier alpha value is -0.390. The number of carbonyl (C=O) groups excluding carboxylic acids is 1. The van der Waals surface area contributed by atoms with Crippen molar-refractivity contribution >= 4 is 37.8 Å². The second-order valence-corrected chi connectivity index (χ2v) is 4.83. The minimum atomic E-state index is -0.515. The molecule has 0 aliphatic heterocycles. The summed E-state index contributed by atoms with van der Waals surface area (Å²) in [4.78, 5) is 11.5. The quantitative estimate of drug-likeness (QED) is 0.616. The largest absolute Gasteiger partial charge is 0.436 e. The van der Waals surface area contributed by atoms with Crippen LogP contribution in [0.4, 0.5) is 0 Å². The molecule has 0 aromatic heterocycles. The number of halogens is 2. The first-order chi connectivity index (χ1) is 7.54. The van der Waals surface area contributed by atoms with Crippen LogP contribution in [0.1, 0.15) is 12.5 Å². The van der Waals surface area contributed by atoms with E-state index in [1.54, 1.807) is 6.92 Å². The van der Waals surface area contributed by atoms with E-state index in [0.717, 1.165) is 14.5 Å². The smallest absolute Gasteiger partial charge is 0.312 e. The summed E-state index contributed by atoms with van der Waals surface area (Å²) in [6.07, 6.45) is -0.299. The minimum absolute atomic E-state index is 0.216. The van der Waals surface area contributed by atoms with Crippen molar-refractivity contribution in [3.05, 3.63) is 32.7 Å². The first-order valence-corrected chi connectivity index (χ1v) is 6.28. The second kappa shape index (κ2) is 6.37. The van der Waals surface area contributed by atoms with Gasteiger partial charge in [-0.25, -0.2) is 0 Å². The molecule has 0 amide bonds. The maximum Gasteiger partial charge on any atom is 0.312 e. The first kappa shape index (κ1) is 13.7. The summed E-state index contributed by atoms with van der Waals surface area (Å²) < 4.78 is 11.6. The predicted molar refractivity (Wildman–Crippen MR) is 68.1 cm³/mol. The fourth-order valence-electron chi connectivity index (χ4n) is 1.12. The zero-order valence-corrected chi connectivity index (χ0v) is 12.2. The Bertz CT molecular complexity index is 379. The van der Waals surface area contributed by atoms with E-state index in [1.807, 2.05) is 18.2 Å². The summed E-state index contributed by atoms with van der Waals surface area (Å²) in [7, 11) is 1.49. The molecule has 0 N–H and O–H groups in total. The summed E-state index contributed by atoms with van der Waals surface area (Å²) in [6, 6.07) is 5.64. The number of hydrogen-bond acceptors (Lipinski definition) is 3. The minimum Gasteiger partial charge on any atom is -0.436 e. The zero-order valence-electron chi connectivity index (χ0n) is 9.00. The highest BCUT2D eigenvalue weighted by atomic mass is 79.9. The van der Waals surface area contributed by atoms with E-state index in [9.17, 15) is 4.79 Å². The molecule has 1 aromatic carbocycles. The zero-order chi connectivity index (χ0) is 12.1. The van der Waals surface area contributed by atoms with Crippen molar-refractivity contribution in [1.29, 1.82) is 0 Å². The van der Waals surface area contributed by atoms with E-state index in [0.29, 0.717) is 0 Å². The van der Waals surface area contributed by atoms with Crippen LogP contribution in [0.3, 0.4) is 0 Å². The summed E-state index contributed by atoms with van der Waals surface area (Å²) in [5, 5.41) is 0. The number of benzene rings is 1. The predicted octanol–water partition coefficient (Wildman–Crippen LogP) is 3.29. The third-order valence-corrected chi connectivity index (χ3v) is 4.13. The highest BCUT2D eigenvalue weighted by Crippen LogP contribution is 2.27. The lowest BCUT2D eigenvalue weighted by atomic mass is 10.1. The molecule has 1 unspecified atom stereocenters. The molecule has 3 nitrogen and oxygen atoms in total. The van der Waals surface area contributed by atoms with Crippen LogP contribution in [0.5, 0.6) is 0 Å². The highest BCUT2D eigenvalue weighted by molar-refractivity contribution is 9.13. The number of methoxy groups -OCH3 is 1. The molecule has 16 heavy (non-hydrogen) atoms. The maximum absolute atomic E-state index is 11.5. The van der Waals surface area contributed by atoms with E-state index >= 15 is 0 Å². The van der Waals surface area contributed by atoms with Crippen LogP contribution in [0, 0.1) is 0 Å². The lowest BCUT2D eigenvalue weighted by Crippen LogP contribution is -2.18. The first-order valence-electron chi connectivity index (χ1n) is 4.69. The van der Waals surface area contributed by atoms with Crippen molar-refractivity contribution in [1.82, 2.24) is 0 Å². The van der Waals surface area contributed by atoms with Crippen LogP contribution in [0.15, 0.2) is 27.1 Å². The molecule has 5 heteroatoms. The van der Waals surface area contributed by atoms with E-state index < -0.39 is 6.29 Å². The molecule has 0 radical (unpaired) electrons. The maximum atomic E-state index is 11.5. The molecule has 0 bridgehead atoms. The summed E-state index contributed by atoms with van der Waals surface area (Å²) in [6.45, 7) is 1.67. The summed E-state index contributed by atoms with van der Waals surface area (Å²) in [5.41, 5.74) is 0.877. The standard InChI is InChI=1S/C11H12Br2O3/c1-7(15-2)16-10(14)6-8-4-3-5-9(12)11(8)13/h3-5,7H,6H2,1-2H3. The van der Waals surface area contributed by atoms with Crippen molar-refractivity contribution in [2.75, 3.05) is 7.11 Å². The van der Waals surface area contributed by atoms with Gasteiger partial charge in [0.05, 0.1) is 6.42 Å². The van der Waals surface area contributed by atoms with Gasteiger partial charge in [-0.1, -0.05) is 12.1 Å². The average molecular weight is 352 g/mol. The molecule has 0 fully saturated rings. The Labute approximate surface area is 111 Å². The topological polar surface area (TPSA) is 35.5 Å². The normalized spacial score (nSPS) is 12.2. The monoisotopic (exact) mass is 350 g/mol. The van der Waals surface area contributed by atoms with Gasteiger partial charge in [-0.3, -0.25) is 4.79 Å². The molecule has 0 aliphatic carbocycles. The van der Waals surface area contributed by atoms with Crippen molar-refractivity contribution in [2.45, 2.75) is 19.6 Å². The summed E-state index contributed by atoms with van der Waals surface area (Å²) in [5.74, 6) is -0.312. The Morgan fingerprint density at radius 1 is 1.44 bits per heavy atom. The highest BCUT2D eigenvalue weighted by Gasteiger charge is 2.12. The van der Waals surface area contributed by atoms with Gasteiger partial charge in [-0.05, 0) is 50.4 Å². The van der Waals surface area contributed by atoms with Crippen molar-refractivity contribution in [3.63, 3.8) is 0 Å². The molecule has 1 atom stereocenters. The van der Waals surface area contributed by atoms with E-state index in [-0.39, 0.29) is 12.4 Å². The van der Waals surface area contributed by atoms with Crippen LogP contribution >= 0.6 is 31.9 Å². The lowest BCUT2D eigenvalue weighted by molar-refractivity contribution is -0.168. The van der Waals surface area contributed by atoms with Gasteiger partial charge in [0.2, 0.25) is 0 Å². The Balaban J connectivity index is 2.66. The fourth-order valence-corrected chi connectivity index (χ4v) is 1.93. The van der Waals surface area contributed by atoms with Crippen LogP contribution in [0.2, 0.25) is 0 Å². The van der Waals surface area contributed by atoms with Gasteiger partial charge in [0.15, 0.2) is 6.29 Å². The molecule has 0 aliphatic rings. The van der Waals surface area contributed by atoms with Crippen LogP contribution in [-0.2, 0) is 20.7 Å². The average Bonchev–Trinajstić information content (AvgIpc) is 2.24. The Morgan fingerprint density at radius 3 is 2.75 bits per heavy atom. The third-order valence-electron chi connectivity index (χ3n) is 2.00. The van der Waals surface area contributed by atoms with E-state index in [2.05, 4.69) is 31.9 Å². The SMILES string of the molecule is COC(C)OC(=O)Cc1cccc(Br)c1Br. The van der Waals surface area contributed by atoms with Crippen molar-refractivity contribution < 1.29 is 14.3 Å². The number of ether oxygens (including phenoxy) is 2. The fraction of sp³-hybridized carbons (Fsp3) is 0.364. The molecule has 0 heterocycles. The molecular formula is C11H12Br2O3. The second-order valence-electron chi connectivity index (χ2n) is 3.18. The van der Waals surface area contributed by atoms with Crippen LogP contribution in [0.25, 0.3) is 0 Å². The number of carbonyl (C=O) groups is 1. The molecule has 0 spiro atoms. The van der Waals surface area contributed by atoms with Gasteiger partial charge in [-0.15, -0.1) is 0 Å². The van der Waals surface area contributed by atoms with Gasteiger partial charge >= 0.3 is 5.97 Å². The van der Waals surface area contributed by atoms with Gasteiger partial charge < -0.3 is 9.47 Å². The number of esters is 1. The van der Waals surface area contributed by atoms with Gasteiger partial charge in [0, 0.05) is 16.1 Å². The molecule has 0 saturated carbocycles. The Kier molecular flexibility index (Phi) is 5.44. The van der Waals surface area contributed by atoms with Gasteiger partial charge in [-0.2, -0.15) is 0 Å². The molecule has 1 aromatic rings. The third kappa shape index (κ3) is 3.88. The van der Waals surface area contributed by atoms with E-state index in [4.69, 9.17) is 9.47 Å². The molecule has 1 rings (SSSR count). The number of hydrogen-bond donors (Lipinski definition) is 0. The van der Waals surface area contributed by atoms with Crippen LogP contribution < -0.4 is 0 Å². The van der Waals surface area contributed by atoms with Gasteiger partial charge in [0.25, 0.3) is 0 Å². The van der Waals surface area contributed by atoms with Crippen molar-refractivity contribution in [2.24, 2.45) is 0 Å². The van der Waals surface area contributed by atoms with Gasteiger partial charge in [0.1, 0.15) is 0 Å². The lowest BCUT2D eigenvalue weighted by Gasteiger charge is -2.11.